The summed E-state index contributed by atoms with van der Waals surface area (Å²) in [4.78, 5) is 0. The molecular formula is C12H24N2. The fourth-order valence-electron chi connectivity index (χ4n) is 0.253. The van der Waals surface area contributed by atoms with Gasteiger partial charge in [0.05, 0.1) is 0 Å². The van der Waals surface area contributed by atoms with Gasteiger partial charge in [-0.05, 0) is 24.0 Å². The van der Waals surface area contributed by atoms with Gasteiger partial charge in [-0.25, -0.2) is 0 Å². The fourth-order valence-corrected chi connectivity index (χ4v) is 0.253. The molecule has 0 aromatic carbocycles. The second-order valence-corrected chi connectivity index (χ2v) is 4.38. The SMILES string of the molecule is CC(C)C.CC(C)C.c1ccnnc1. The maximum absolute atomic E-state index is 3.53. The van der Waals surface area contributed by atoms with Gasteiger partial charge in [-0.2, -0.15) is 10.2 Å². The van der Waals surface area contributed by atoms with Crippen LogP contribution < -0.4 is 0 Å². The molecule has 0 radical (unpaired) electrons. The largest absolute Gasteiger partial charge is 0.159 e. The molecule has 0 aliphatic carbocycles. The van der Waals surface area contributed by atoms with Crippen molar-refractivity contribution in [1.82, 2.24) is 10.2 Å². The van der Waals surface area contributed by atoms with Crippen molar-refractivity contribution in [2.45, 2.75) is 41.5 Å². The van der Waals surface area contributed by atoms with Crippen LogP contribution in [0.2, 0.25) is 0 Å². The summed E-state index contributed by atoms with van der Waals surface area (Å²) in [6, 6.07) is 3.65. The monoisotopic (exact) mass is 196 g/mol. The van der Waals surface area contributed by atoms with Crippen LogP contribution in [0.25, 0.3) is 0 Å². The molecule has 1 heterocycles. The van der Waals surface area contributed by atoms with Crippen LogP contribution in [0.1, 0.15) is 41.5 Å². The summed E-state index contributed by atoms with van der Waals surface area (Å²) in [5.41, 5.74) is 0. The molecule has 0 saturated carbocycles. The topological polar surface area (TPSA) is 25.8 Å². The molecule has 1 rings (SSSR count). The highest BCUT2D eigenvalue weighted by molar-refractivity contribution is 4.79. The van der Waals surface area contributed by atoms with E-state index in [0.29, 0.717) is 0 Å². The minimum absolute atomic E-state index is 0.833. The zero-order valence-corrected chi connectivity index (χ0v) is 10.4. The van der Waals surface area contributed by atoms with Crippen molar-refractivity contribution >= 4 is 0 Å². The van der Waals surface area contributed by atoms with E-state index in [1.54, 1.807) is 12.4 Å². The minimum Gasteiger partial charge on any atom is -0.159 e. The molecule has 1 aromatic heterocycles. The standard InChI is InChI=1S/C4H4N2.2C4H10/c1-2-4-6-5-3-1;2*1-4(2)3/h1-4H;2*4H,1-3H3. The summed E-state index contributed by atoms with van der Waals surface area (Å²) in [7, 11) is 0. The van der Waals surface area contributed by atoms with Gasteiger partial charge in [0.25, 0.3) is 0 Å². The van der Waals surface area contributed by atoms with E-state index in [0.717, 1.165) is 11.8 Å². The Labute approximate surface area is 88.8 Å². The molecule has 0 aliphatic heterocycles. The number of hydrogen-bond acceptors (Lipinski definition) is 2. The smallest absolute Gasteiger partial charge is 0.0496 e. The fraction of sp³-hybridized carbons (Fsp3) is 0.667. The molecule has 0 aliphatic rings. The molecular weight excluding hydrogens is 172 g/mol. The van der Waals surface area contributed by atoms with Crippen LogP contribution in [0.5, 0.6) is 0 Å². The van der Waals surface area contributed by atoms with Crippen molar-refractivity contribution in [2.75, 3.05) is 0 Å². The molecule has 0 spiro atoms. The normalized spacial score (nSPS) is 8.57. The van der Waals surface area contributed by atoms with E-state index in [2.05, 4.69) is 51.7 Å². The molecule has 82 valence electrons. The second-order valence-electron chi connectivity index (χ2n) is 4.38. The lowest BCUT2D eigenvalue weighted by Crippen LogP contribution is -1.69. The Morgan fingerprint density at radius 3 is 0.929 bits per heavy atom. The first-order valence-electron chi connectivity index (χ1n) is 5.18. The van der Waals surface area contributed by atoms with Gasteiger partial charge in [0.1, 0.15) is 0 Å². The number of hydrogen-bond donors (Lipinski definition) is 0. The molecule has 0 atom stereocenters. The molecule has 0 bridgehead atoms. The summed E-state index contributed by atoms with van der Waals surface area (Å²) in [6.07, 6.45) is 3.28. The van der Waals surface area contributed by atoms with Gasteiger partial charge < -0.3 is 0 Å². The zero-order chi connectivity index (χ0) is 11.4. The third-order valence-electron chi connectivity index (χ3n) is 0.483. The Bertz CT molecular complexity index is 133. The predicted octanol–water partition coefficient (Wildman–Crippen LogP) is 3.80. The van der Waals surface area contributed by atoms with Crippen molar-refractivity contribution < 1.29 is 0 Å². The number of aromatic nitrogens is 2. The average Bonchev–Trinajstić information content (AvgIpc) is 2.05. The van der Waals surface area contributed by atoms with Crippen LogP contribution in [0.4, 0.5) is 0 Å². The van der Waals surface area contributed by atoms with Crippen molar-refractivity contribution in [2.24, 2.45) is 11.8 Å². The van der Waals surface area contributed by atoms with Crippen LogP contribution in [-0.2, 0) is 0 Å². The molecule has 0 N–H and O–H groups in total. The Balaban J connectivity index is 0. The Hall–Kier alpha value is -0.920. The molecule has 14 heavy (non-hydrogen) atoms. The van der Waals surface area contributed by atoms with Gasteiger partial charge in [-0.15, -0.1) is 0 Å². The summed E-state index contributed by atoms with van der Waals surface area (Å²) in [5, 5.41) is 7.07. The van der Waals surface area contributed by atoms with E-state index in [9.17, 15) is 0 Å². The van der Waals surface area contributed by atoms with Crippen LogP contribution in [0.3, 0.4) is 0 Å². The second kappa shape index (κ2) is 12.1. The first kappa shape index (κ1) is 15.5. The first-order valence-corrected chi connectivity index (χ1v) is 5.18. The minimum atomic E-state index is 0.833. The molecule has 2 nitrogen and oxygen atoms in total. The summed E-state index contributed by atoms with van der Waals surface area (Å²) in [5.74, 6) is 1.67. The van der Waals surface area contributed by atoms with Crippen LogP contribution in [0, 0.1) is 11.8 Å². The van der Waals surface area contributed by atoms with Gasteiger partial charge >= 0.3 is 0 Å². The van der Waals surface area contributed by atoms with E-state index < -0.39 is 0 Å². The van der Waals surface area contributed by atoms with E-state index in [1.165, 1.54) is 0 Å². The maximum Gasteiger partial charge on any atom is 0.0496 e. The van der Waals surface area contributed by atoms with E-state index in [4.69, 9.17) is 0 Å². The highest BCUT2D eigenvalue weighted by atomic mass is 15.1. The van der Waals surface area contributed by atoms with E-state index in [1.807, 2.05) is 12.1 Å². The van der Waals surface area contributed by atoms with Gasteiger partial charge in [0, 0.05) is 12.4 Å². The predicted molar refractivity (Wildman–Crippen MR) is 63.1 cm³/mol. The third-order valence-corrected chi connectivity index (χ3v) is 0.483. The van der Waals surface area contributed by atoms with Crippen LogP contribution in [-0.4, -0.2) is 10.2 Å². The van der Waals surface area contributed by atoms with Gasteiger partial charge in [-0.3, -0.25) is 0 Å². The van der Waals surface area contributed by atoms with Crippen molar-refractivity contribution in [3.05, 3.63) is 24.5 Å². The highest BCUT2D eigenvalue weighted by Crippen LogP contribution is 1.81. The summed E-state index contributed by atoms with van der Waals surface area (Å²) >= 11 is 0. The van der Waals surface area contributed by atoms with Gasteiger partial charge in [0.15, 0.2) is 0 Å². The zero-order valence-electron chi connectivity index (χ0n) is 10.4. The Kier molecular flexibility index (Phi) is 13.4. The van der Waals surface area contributed by atoms with E-state index >= 15 is 0 Å². The maximum atomic E-state index is 3.53. The van der Waals surface area contributed by atoms with E-state index in [-0.39, 0.29) is 0 Å². The Morgan fingerprint density at radius 2 is 0.857 bits per heavy atom. The van der Waals surface area contributed by atoms with Crippen molar-refractivity contribution in [3.8, 4) is 0 Å². The van der Waals surface area contributed by atoms with Crippen molar-refractivity contribution in [3.63, 3.8) is 0 Å². The summed E-state index contributed by atoms with van der Waals surface area (Å²) in [6.45, 7) is 13.0. The van der Waals surface area contributed by atoms with Gasteiger partial charge in [-0.1, -0.05) is 41.5 Å². The molecule has 1 aromatic rings. The number of nitrogens with zero attached hydrogens (tertiary/aromatic N) is 2. The average molecular weight is 196 g/mol. The lowest BCUT2D eigenvalue weighted by molar-refractivity contribution is 0.736. The molecule has 0 fully saturated rings. The van der Waals surface area contributed by atoms with Crippen LogP contribution >= 0.6 is 0 Å². The Morgan fingerprint density at radius 1 is 0.643 bits per heavy atom. The van der Waals surface area contributed by atoms with Gasteiger partial charge in [0.2, 0.25) is 0 Å². The number of rotatable bonds is 0. The lowest BCUT2D eigenvalue weighted by atomic mass is 10.3. The third kappa shape index (κ3) is 43.6. The first-order chi connectivity index (χ1) is 6.46. The quantitative estimate of drug-likeness (QED) is 0.630. The van der Waals surface area contributed by atoms with Crippen molar-refractivity contribution in [1.29, 1.82) is 0 Å². The highest BCUT2D eigenvalue weighted by Gasteiger charge is 1.68. The molecule has 0 saturated heterocycles. The lowest BCUT2D eigenvalue weighted by Gasteiger charge is -1.79. The summed E-state index contributed by atoms with van der Waals surface area (Å²) < 4.78 is 0. The van der Waals surface area contributed by atoms with Crippen LogP contribution in [0.15, 0.2) is 24.5 Å². The molecule has 0 unspecified atom stereocenters. The molecule has 2 heteroatoms. The molecule has 0 amide bonds.